The van der Waals surface area contributed by atoms with Crippen LogP contribution in [0.25, 0.3) is 0 Å². The highest BCUT2D eigenvalue weighted by atomic mass is 32.2. The maximum atomic E-state index is 15.1. The summed E-state index contributed by atoms with van der Waals surface area (Å²) in [7, 11) is -4.11. The van der Waals surface area contributed by atoms with Gasteiger partial charge in [-0.05, 0) is 60.4 Å². The second-order valence-electron chi connectivity index (χ2n) is 7.74. The normalized spacial score (nSPS) is 12.6. The summed E-state index contributed by atoms with van der Waals surface area (Å²) in [5.41, 5.74) is 1.42. The first-order valence-corrected chi connectivity index (χ1v) is 12.2. The van der Waals surface area contributed by atoms with Gasteiger partial charge in [0.15, 0.2) is 5.82 Å². The molecule has 5 rings (SSSR count). The van der Waals surface area contributed by atoms with Gasteiger partial charge >= 0.3 is 0 Å². The summed E-state index contributed by atoms with van der Waals surface area (Å²) >= 11 is 0. The topological polar surface area (TPSA) is 75.2 Å². The summed E-state index contributed by atoms with van der Waals surface area (Å²) in [6.45, 7) is 0.769. The SMILES string of the molecule is O=S(=O)(Nc1ccc(F)c(C#Cc2ccc3c(n2)N(c2ccccc2)CC3)c1F)c1cccnc1. The van der Waals surface area contributed by atoms with Gasteiger partial charge in [-0.15, -0.1) is 0 Å². The van der Waals surface area contributed by atoms with Gasteiger partial charge in [-0.1, -0.05) is 30.2 Å². The molecule has 2 aromatic carbocycles. The Labute approximate surface area is 201 Å². The lowest BCUT2D eigenvalue weighted by atomic mass is 10.1. The molecular weight excluding hydrogens is 470 g/mol. The van der Waals surface area contributed by atoms with Crippen molar-refractivity contribution in [3.05, 3.63) is 108 Å². The molecule has 0 saturated heterocycles. The van der Waals surface area contributed by atoms with Gasteiger partial charge in [0.1, 0.15) is 22.2 Å². The van der Waals surface area contributed by atoms with Crippen LogP contribution in [0.3, 0.4) is 0 Å². The van der Waals surface area contributed by atoms with E-state index in [0.29, 0.717) is 5.69 Å². The van der Waals surface area contributed by atoms with Crippen LogP contribution in [0.15, 0.2) is 84.0 Å². The molecule has 4 aromatic rings. The van der Waals surface area contributed by atoms with E-state index in [1.807, 2.05) is 36.4 Å². The number of para-hydroxylation sites is 1. The van der Waals surface area contributed by atoms with Crippen LogP contribution in [0.5, 0.6) is 0 Å². The Bertz CT molecular complexity index is 1570. The van der Waals surface area contributed by atoms with E-state index >= 15 is 4.39 Å². The van der Waals surface area contributed by atoms with E-state index in [1.165, 1.54) is 18.3 Å². The molecule has 3 heterocycles. The number of anilines is 3. The number of sulfonamides is 1. The summed E-state index contributed by atoms with van der Waals surface area (Å²) in [5, 5.41) is 0. The van der Waals surface area contributed by atoms with Crippen molar-refractivity contribution in [1.82, 2.24) is 9.97 Å². The minimum absolute atomic E-state index is 0.151. The fourth-order valence-corrected chi connectivity index (χ4v) is 4.78. The van der Waals surface area contributed by atoms with Gasteiger partial charge in [-0.25, -0.2) is 22.2 Å². The van der Waals surface area contributed by atoms with Gasteiger partial charge in [0.05, 0.1) is 11.3 Å². The maximum absolute atomic E-state index is 15.1. The van der Waals surface area contributed by atoms with Gasteiger partial charge in [-0.3, -0.25) is 9.71 Å². The number of fused-ring (bicyclic) bond motifs is 1. The van der Waals surface area contributed by atoms with Crippen LogP contribution >= 0.6 is 0 Å². The highest BCUT2D eigenvalue weighted by molar-refractivity contribution is 7.92. The number of hydrogen-bond acceptors (Lipinski definition) is 5. The fourth-order valence-electron chi connectivity index (χ4n) is 3.76. The summed E-state index contributed by atoms with van der Waals surface area (Å²) < 4.78 is 56.7. The highest BCUT2D eigenvalue weighted by Gasteiger charge is 2.22. The zero-order chi connectivity index (χ0) is 24.4. The molecule has 2 aromatic heterocycles. The van der Waals surface area contributed by atoms with Crippen molar-refractivity contribution in [3.63, 3.8) is 0 Å². The van der Waals surface area contributed by atoms with E-state index < -0.39 is 32.9 Å². The van der Waals surface area contributed by atoms with Crippen LogP contribution in [0, 0.1) is 23.5 Å². The van der Waals surface area contributed by atoms with E-state index in [2.05, 4.69) is 31.4 Å². The molecule has 9 heteroatoms. The second-order valence-corrected chi connectivity index (χ2v) is 9.43. The van der Waals surface area contributed by atoms with E-state index in [4.69, 9.17) is 0 Å². The number of nitrogens with zero attached hydrogens (tertiary/aromatic N) is 3. The number of hydrogen-bond donors (Lipinski definition) is 1. The molecule has 0 spiro atoms. The summed E-state index contributed by atoms with van der Waals surface area (Å²) in [5.74, 6) is 3.92. The van der Waals surface area contributed by atoms with Gasteiger partial charge in [0.2, 0.25) is 0 Å². The molecule has 1 aliphatic heterocycles. The predicted molar refractivity (Wildman–Crippen MR) is 129 cm³/mol. The molecule has 0 amide bonds. The van der Waals surface area contributed by atoms with Crippen molar-refractivity contribution in [2.75, 3.05) is 16.2 Å². The molecule has 0 fully saturated rings. The van der Waals surface area contributed by atoms with Crippen molar-refractivity contribution in [2.24, 2.45) is 0 Å². The number of nitrogens with one attached hydrogen (secondary N) is 1. The van der Waals surface area contributed by atoms with Crippen LogP contribution < -0.4 is 9.62 Å². The summed E-state index contributed by atoms with van der Waals surface area (Å²) in [6.07, 6.45) is 3.37. The number of benzene rings is 2. The van der Waals surface area contributed by atoms with Gasteiger partial charge in [0, 0.05) is 24.6 Å². The molecule has 0 radical (unpaired) electrons. The first-order chi connectivity index (χ1) is 16.9. The van der Waals surface area contributed by atoms with Crippen LogP contribution in [0.2, 0.25) is 0 Å². The number of pyridine rings is 2. The van der Waals surface area contributed by atoms with E-state index in [9.17, 15) is 12.8 Å². The third kappa shape index (κ3) is 4.56. The molecule has 0 bridgehead atoms. The highest BCUT2D eigenvalue weighted by Crippen LogP contribution is 2.32. The molecule has 1 N–H and O–H groups in total. The zero-order valence-corrected chi connectivity index (χ0v) is 19.1. The lowest BCUT2D eigenvalue weighted by molar-refractivity contribution is 0.578. The molecule has 0 atom stereocenters. The Kier molecular flexibility index (Phi) is 5.89. The fraction of sp³-hybridized carbons (Fsp3) is 0.0769. The van der Waals surface area contributed by atoms with Crippen molar-refractivity contribution in [2.45, 2.75) is 11.3 Å². The Hall–Kier alpha value is -4.29. The van der Waals surface area contributed by atoms with E-state index in [-0.39, 0.29) is 4.90 Å². The quantitative estimate of drug-likeness (QED) is 0.424. The lowest BCUT2D eigenvalue weighted by Gasteiger charge is -2.18. The Balaban J connectivity index is 1.46. The van der Waals surface area contributed by atoms with Crippen molar-refractivity contribution in [3.8, 4) is 11.8 Å². The molecule has 0 saturated carbocycles. The maximum Gasteiger partial charge on any atom is 0.263 e. The van der Waals surface area contributed by atoms with Crippen LogP contribution in [-0.4, -0.2) is 24.9 Å². The molecule has 35 heavy (non-hydrogen) atoms. The largest absolute Gasteiger partial charge is 0.326 e. The summed E-state index contributed by atoms with van der Waals surface area (Å²) in [6, 6.07) is 18.1. The van der Waals surface area contributed by atoms with Crippen molar-refractivity contribution < 1.29 is 17.2 Å². The molecule has 6 nitrogen and oxygen atoms in total. The number of halogens is 2. The molecule has 174 valence electrons. The average molecular weight is 489 g/mol. The standard InChI is InChI=1S/C26H18F2N4O2S/c27-23-12-13-24(31-35(33,34)21-7-4-15-29-17-21)25(28)22(23)11-10-19-9-8-18-14-16-32(26(18)30-19)20-5-2-1-3-6-20/h1-9,12-13,15,17,31H,14,16H2. The lowest BCUT2D eigenvalue weighted by Crippen LogP contribution is -2.15. The first kappa shape index (κ1) is 22.5. The van der Waals surface area contributed by atoms with Gasteiger partial charge in [0.25, 0.3) is 10.0 Å². The molecular formula is C26H18F2N4O2S. The Morgan fingerprint density at radius 2 is 1.77 bits per heavy atom. The second kappa shape index (κ2) is 9.16. The van der Waals surface area contributed by atoms with E-state index in [0.717, 1.165) is 48.4 Å². The third-order valence-corrected chi connectivity index (χ3v) is 6.83. The predicted octanol–water partition coefficient (Wildman–Crippen LogP) is 4.65. The first-order valence-electron chi connectivity index (χ1n) is 10.7. The van der Waals surface area contributed by atoms with Gasteiger partial charge in [-0.2, -0.15) is 0 Å². The Morgan fingerprint density at radius 3 is 2.54 bits per heavy atom. The zero-order valence-electron chi connectivity index (χ0n) is 18.2. The van der Waals surface area contributed by atoms with Crippen LogP contribution in [0.1, 0.15) is 16.8 Å². The van der Waals surface area contributed by atoms with Crippen LogP contribution in [-0.2, 0) is 16.4 Å². The molecule has 0 aliphatic carbocycles. The number of aromatic nitrogens is 2. The minimum Gasteiger partial charge on any atom is -0.326 e. The van der Waals surface area contributed by atoms with Crippen molar-refractivity contribution in [1.29, 1.82) is 0 Å². The smallest absolute Gasteiger partial charge is 0.263 e. The minimum atomic E-state index is -4.11. The molecule has 1 aliphatic rings. The van der Waals surface area contributed by atoms with Gasteiger partial charge < -0.3 is 4.90 Å². The number of rotatable bonds is 4. The Morgan fingerprint density at radius 1 is 0.943 bits per heavy atom. The van der Waals surface area contributed by atoms with Crippen LogP contribution in [0.4, 0.5) is 26.0 Å². The monoisotopic (exact) mass is 488 g/mol. The third-order valence-electron chi connectivity index (χ3n) is 5.48. The summed E-state index contributed by atoms with van der Waals surface area (Å²) in [4.78, 5) is 10.3. The van der Waals surface area contributed by atoms with Crippen molar-refractivity contribution >= 4 is 27.2 Å². The average Bonchev–Trinajstić information content (AvgIpc) is 3.30. The van der Waals surface area contributed by atoms with E-state index in [1.54, 1.807) is 6.07 Å². The molecule has 0 unspecified atom stereocenters.